The zero-order valence-corrected chi connectivity index (χ0v) is 27.2. The van der Waals surface area contributed by atoms with Crippen molar-refractivity contribution in [2.24, 2.45) is 17.8 Å². The molecule has 5 atom stereocenters. The molecule has 4 aliphatic rings. The van der Waals surface area contributed by atoms with Gasteiger partial charge in [0.05, 0.1) is 59.6 Å². The van der Waals surface area contributed by atoms with Crippen LogP contribution in [0.25, 0.3) is 11.0 Å². The summed E-state index contributed by atoms with van der Waals surface area (Å²) in [6, 6.07) is 10.9. The highest BCUT2D eigenvalue weighted by molar-refractivity contribution is 6.34. The van der Waals surface area contributed by atoms with Crippen LogP contribution in [0.5, 0.6) is 0 Å². The minimum atomic E-state index is -0.731. The van der Waals surface area contributed by atoms with E-state index in [1.54, 1.807) is 6.07 Å². The number of nitrogens with one attached hydrogen (secondary N) is 1. The van der Waals surface area contributed by atoms with Gasteiger partial charge in [0.2, 0.25) is 5.91 Å². The highest BCUT2D eigenvalue weighted by Crippen LogP contribution is 2.43. The number of fused-ring (bicyclic) bond motifs is 2. The average Bonchev–Trinajstić information content (AvgIpc) is 3.85. The van der Waals surface area contributed by atoms with E-state index >= 15 is 0 Å². The summed E-state index contributed by atoms with van der Waals surface area (Å²) < 4.78 is 23.5. The first kappa shape index (κ1) is 32.1. The lowest BCUT2D eigenvalue weighted by Crippen LogP contribution is -2.40. The quantitative estimate of drug-likeness (QED) is 0.276. The lowest BCUT2D eigenvalue weighted by atomic mass is 9.87. The van der Waals surface area contributed by atoms with Gasteiger partial charge >= 0.3 is 5.97 Å². The number of ether oxygens (including phenoxy) is 3. The van der Waals surface area contributed by atoms with E-state index in [0.717, 1.165) is 48.6 Å². The molecule has 3 heterocycles. The first-order valence-electron chi connectivity index (χ1n) is 16.7. The van der Waals surface area contributed by atoms with Crippen LogP contribution in [0.15, 0.2) is 47.1 Å². The monoisotopic (exact) mass is 664 g/mol. The van der Waals surface area contributed by atoms with Crippen LogP contribution in [0.1, 0.15) is 66.4 Å². The van der Waals surface area contributed by atoms with E-state index in [-0.39, 0.29) is 48.5 Å². The van der Waals surface area contributed by atoms with Crippen LogP contribution < -0.4 is 5.32 Å². The van der Waals surface area contributed by atoms with Crippen molar-refractivity contribution in [1.29, 1.82) is 0 Å². The van der Waals surface area contributed by atoms with Gasteiger partial charge in [-0.15, -0.1) is 0 Å². The third-order valence-corrected chi connectivity index (χ3v) is 11.1. The summed E-state index contributed by atoms with van der Waals surface area (Å²) in [4.78, 5) is 40.5. The highest BCUT2D eigenvalue weighted by atomic mass is 35.5. The maximum atomic E-state index is 14.0. The standard InChI is InChI=1S/C36H41ClN2O8/c1-20-10-30(38-35(41)28-18-45-31-5-3-2-4-27(28)31)29(37)12-22(20)15-34(40)39-16-24(23-13-32-33(14-23)47-19-46-32)11-25(39)17-44-26-8-6-21(7-9-26)36(42)43/h2-5,10,12,18,21,23-26,32-33H,6-9,11,13-17,19H2,1H3,(H,38,41)(H,42,43)/t21?,23?,24?,25-,26?,32-,33?/m0/s1. The van der Waals surface area contributed by atoms with Crippen LogP contribution >= 0.6 is 11.6 Å². The molecule has 2 saturated carbocycles. The molecule has 2 aliphatic carbocycles. The van der Waals surface area contributed by atoms with E-state index in [9.17, 15) is 19.5 Å². The molecule has 2 N–H and O–H groups in total. The zero-order valence-electron chi connectivity index (χ0n) is 26.5. The Hall–Kier alpha value is -3.44. The lowest BCUT2D eigenvalue weighted by molar-refractivity contribution is -0.144. The summed E-state index contributed by atoms with van der Waals surface area (Å²) in [6.07, 6.45) is 7.34. The van der Waals surface area contributed by atoms with Crippen molar-refractivity contribution in [2.45, 2.75) is 82.6 Å². The number of halogens is 1. The molecule has 0 radical (unpaired) electrons. The number of carboxylic acids is 1. The Morgan fingerprint density at radius 1 is 1.02 bits per heavy atom. The van der Waals surface area contributed by atoms with Gasteiger partial charge in [0.15, 0.2) is 0 Å². The zero-order chi connectivity index (χ0) is 32.7. The number of rotatable bonds is 9. The number of furan rings is 1. The summed E-state index contributed by atoms with van der Waals surface area (Å²) in [7, 11) is 0. The van der Waals surface area contributed by atoms with E-state index in [4.69, 9.17) is 30.2 Å². The molecule has 2 amide bonds. The molecule has 47 heavy (non-hydrogen) atoms. The molecule has 3 unspecified atom stereocenters. The molecule has 11 heteroatoms. The Balaban J connectivity index is 1.02. The lowest BCUT2D eigenvalue weighted by Gasteiger charge is -2.30. The van der Waals surface area contributed by atoms with Crippen molar-refractivity contribution in [3.05, 3.63) is 64.4 Å². The maximum Gasteiger partial charge on any atom is 0.306 e. The maximum absolute atomic E-state index is 14.0. The van der Waals surface area contributed by atoms with Crippen LogP contribution in [0.3, 0.4) is 0 Å². The number of para-hydroxylation sites is 1. The van der Waals surface area contributed by atoms with Gasteiger partial charge in [0, 0.05) is 11.9 Å². The smallest absolute Gasteiger partial charge is 0.306 e. The predicted molar refractivity (Wildman–Crippen MR) is 174 cm³/mol. The molecule has 3 aromatic rings. The molecule has 0 spiro atoms. The fraction of sp³-hybridized carbons (Fsp3) is 0.528. The normalized spacial score (nSPS) is 28.9. The molecule has 0 bridgehead atoms. The number of nitrogens with zero attached hydrogens (tertiary/aromatic N) is 1. The first-order chi connectivity index (χ1) is 22.7. The number of carboxylic acid groups (broad SMARTS) is 1. The number of benzene rings is 2. The Morgan fingerprint density at radius 2 is 1.77 bits per heavy atom. The summed E-state index contributed by atoms with van der Waals surface area (Å²) in [5, 5.41) is 13.3. The average molecular weight is 665 g/mol. The highest BCUT2D eigenvalue weighted by Gasteiger charge is 2.47. The van der Waals surface area contributed by atoms with E-state index in [0.29, 0.717) is 66.5 Å². The van der Waals surface area contributed by atoms with E-state index in [1.165, 1.54) is 6.26 Å². The van der Waals surface area contributed by atoms with Crippen LogP contribution in [0.2, 0.25) is 5.02 Å². The van der Waals surface area contributed by atoms with Gasteiger partial charge in [0.1, 0.15) is 18.6 Å². The first-order valence-corrected chi connectivity index (χ1v) is 17.0. The summed E-state index contributed by atoms with van der Waals surface area (Å²) in [5.74, 6) is -0.588. The van der Waals surface area contributed by atoms with Crippen LogP contribution in [-0.4, -0.2) is 72.1 Å². The van der Waals surface area contributed by atoms with E-state index in [2.05, 4.69) is 5.32 Å². The largest absolute Gasteiger partial charge is 0.481 e. The number of carbonyl (C=O) groups is 3. The second-order valence-electron chi connectivity index (χ2n) is 13.6. The van der Waals surface area contributed by atoms with Gasteiger partial charge in [-0.25, -0.2) is 0 Å². The summed E-state index contributed by atoms with van der Waals surface area (Å²) in [5.41, 5.74) is 3.18. The summed E-state index contributed by atoms with van der Waals surface area (Å²) >= 11 is 6.67. The predicted octanol–water partition coefficient (Wildman–Crippen LogP) is 6.22. The van der Waals surface area contributed by atoms with Crippen molar-refractivity contribution in [1.82, 2.24) is 4.90 Å². The molecule has 1 aromatic heterocycles. The number of likely N-dealkylation sites (tertiary alicyclic amines) is 1. The van der Waals surface area contributed by atoms with Gasteiger partial charge in [-0.05, 0) is 93.0 Å². The van der Waals surface area contributed by atoms with Gasteiger partial charge in [0.25, 0.3) is 5.91 Å². The fourth-order valence-electron chi connectivity index (χ4n) is 8.04. The van der Waals surface area contributed by atoms with Gasteiger partial charge < -0.3 is 34.0 Å². The Labute approximate surface area is 278 Å². The second kappa shape index (κ2) is 13.6. The number of amides is 2. The number of hydrogen-bond donors (Lipinski definition) is 2. The second-order valence-corrected chi connectivity index (χ2v) is 14.0. The van der Waals surface area contributed by atoms with Gasteiger partial charge in [-0.3, -0.25) is 14.4 Å². The van der Waals surface area contributed by atoms with E-state index < -0.39 is 5.97 Å². The number of aryl methyl sites for hydroxylation is 1. The van der Waals surface area contributed by atoms with Gasteiger partial charge in [-0.2, -0.15) is 0 Å². The minimum Gasteiger partial charge on any atom is -0.481 e. The molecular weight excluding hydrogens is 624 g/mol. The van der Waals surface area contributed by atoms with Crippen molar-refractivity contribution in [2.75, 3.05) is 25.3 Å². The Morgan fingerprint density at radius 3 is 2.51 bits per heavy atom. The number of anilines is 1. The minimum absolute atomic E-state index is 0.0121. The van der Waals surface area contributed by atoms with Crippen molar-refractivity contribution in [3.8, 4) is 0 Å². The molecule has 10 nitrogen and oxygen atoms in total. The third kappa shape index (κ3) is 6.79. The number of carbonyl (C=O) groups excluding carboxylic acids is 2. The molecular formula is C36H41ClN2O8. The van der Waals surface area contributed by atoms with Crippen LogP contribution in [0, 0.1) is 24.7 Å². The summed E-state index contributed by atoms with van der Waals surface area (Å²) in [6.45, 7) is 3.37. The molecule has 2 aliphatic heterocycles. The molecule has 2 aromatic carbocycles. The van der Waals surface area contributed by atoms with Gasteiger partial charge in [-0.1, -0.05) is 29.8 Å². The topological polar surface area (TPSA) is 128 Å². The molecule has 7 rings (SSSR count). The van der Waals surface area contributed by atoms with E-state index in [1.807, 2.05) is 42.2 Å². The SMILES string of the molecule is Cc1cc(NC(=O)c2coc3ccccc23)c(Cl)cc1CC(=O)N1CC(C2CC3OCO[C@H]3C2)C[C@H]1COC1CCC(C(=O)O)CC1. The fourth-order valence-corrected chi connectivity index (χ4v) is 8.28. The number of hydrogen-bond acceptors (Lipinski definition) is 7. The molecule has 2 saturated heterocycles. The third-order valence-electron chi connectivity index (χ3n) is 10.8. The Kier molecular flexibility index (Phi) is 9.29. The van der Waals surface area contributed by atoms with Crippen molar-refractivity contribution in [3.63, 3.8) is 0 Å². The van der Waals surface area contributed by atoms with Crippen LogP contribution in [-0.2, 0) is 30.2 Å². The Bertz CT molecular complexity index is 1640. The van der Waals surface area contributed by atoms with Crippen molar-refractivity contribution >= 4 is 46.0 Å². The molecule has 4 fully saturated rings. The molecule has 250 valence electrons. The number of aliphatic carboxylic acids is 1. The van der Waals surface area contributed by atoms with Crippen molar-refractivity contribution < 1.29 is 38.1 Å². The van der Waals surface area contributed by atoms with Crippen LogP contribution in [0.4, 0.5) is 5.69 Å².